The van der Waals surface area contributed by atoms with Gasteiger partial charge in [0, 0.05) is 16.3 Å². The van der Waals surface area contributed by atoms with Crippen LogP contribution < -0.4 is 5.32 Å². The Hall–Kier alpha value is -2.00. The number of thioether (sulfide) groups is 1. The number of nitrogens with zero attached hydrogens (tertiary/aromatic N) is 1. The molecule has 2 rings (SSSR count). The van der Waals surface area contributed by atoms with Gasteiger partial charge in [0.2, 0.25) is 0 Å². The minimum atomic E-state index is 0.994. The van der Waals surface area contributed by atoms with E-state index in [0.29, 0.717) is 0 Å². The van der Waals surface area contributed by atoms with Crippen LogP contribution in [0, 0.1) is 13.8 Å². The molecular weight excluding hydrogens is 300 g/mol. The fourth-order valence-corrected chi connectivity index (χ4v) is 3.05. The van der Waals surface area contributed by atoms with Crippen LogP contribution in [0.1, 0.15) is 25.0 Å². The van der Waals surface area contributed by atoms with Crippen molar-refractivity contribution in [2.45, 2.75) is 32.6 Å². The maximum absolute atomic E-state index is 4.78. The molecule has 2 aromatic rings. The molecule has 1 N–H and O–H groups in total. The van der Waals surface area contributed by atoms with E-state index in [4.69, 9.17) is 4.99 Å². The minimum absolute atomic E-state index is 0.994. The number of aryl methyl sites for hydroxylation is 2. The molecule has 0 aromatic heterocycles. The van der Waals surface area contributed by atoms with Gasteiger partial charge in [-0.1, -0.05) is 30.3 Å². The fraction of sp³-hybridized carbons (Fsp3) is 0.250. The van der Waals surface area contributed by atoms with Crippen LogP contribution in [-0.4, -0.2) is 12.0 Å². The molecule has 3 heteroatoms. The van der Waals surface area contributed by atoms with E-state index in [-0.39, 0.29) is 0 Å². The Morgan fingerprint density at radius 1 is 1.00 bits per heavy atom. The zero-order chi connectivity index (χ0) is 16.8. The Bertz CT molecular complexity index is 725. The van der Waals surface area contributed by atoms with E-state index in [2.05, 4.69) is 74.8 Å². The van der Waals surface area contributed by atoms with E-state index in [1.165, 1.54) is 16.0 Å². The maximum atomic E-state index is 4.78. The van der Waals surface area contributed by atoms with Gasteiger partial charge in [-0.05, 0) is 63.3 Å². The van der Waals surface area contributed by atoms with Gasteiger partial charge in [-0.25, -0.2) is 0 Å². The molecule has 0 heterocycles. The summed E-state index contributed by atoms with van der Waals surface area (Å²) in [7, 11) is 0. The van der Waals surface area contributed by atoms with Crippen LogP contribution >= 0.6 is 11.8 Å². The molecular formula is C20H24N2S. The quantitative estimate of drug-likeness (QED) is 0.528. The lowest BCUT2D eigenvalue weighted by atomic mass is 10.1. The van der Waals surface area contributed by atoms with Crippen LogP contribution in [0.15, 0.2) is 64.1 Å². The third kappa shape index (κ3) is 4.73. The highest BCUT2D eigenvalue weighted by Gasteiger charge is 2.02. The van der Waals surface area contributed by atoms with Crippen molar-refractivity contribution < 1.29 is 0 Å². The second-order valence-corrected chi connectivity index (χ2v) is 6.49. The average molecular weight is 324 g/mol. The first-order chi connectivity index (χ1) is 11.0. The number of aliphatic imine (C=N–C) groups is 1. The van der Waals surface area contributed by atoms with E-state index < -0.39 is 0 Å². The summed E-state index contributed by atoms with van der Waals surface area (Å²) < 4.78 is 0. The summed E-state index contributed by atoms with van der Waals surface area (Å²) in [6.45, 7) is 8.31. The number of hydrogen-bond acceptors (Lipinski definition) is 3. The summed E-state index contributed by atoms with van der Waals surface area (Å²) in [5.41, 5.74) is 6.69. The average Bonchev–Trinajstić information content (AvgIpc) is 2.51. The summed E-state index contributed by atoms with van der Waals surface area (Å²) in [6, 6.07) is 14.6. The Morgan fingerprint density at radius 3 is 2.30 bits per heavy atom. The topological polar surface area (TPSA) is 24.4 Å². The molecule has 0 amide bonds. The second kappa shape index (κ2) is 8.02. The lowest BCUT2D eigenvalue weighted by Gasteiger charge is -2.11. The normalized spacial score (nSPS) is 12.4. The molecule has 23 heavy (non-hydrogen) atoms. The van der Waals surface area contributed by atoms with Crippen molar-refractivity contribution >= 4 is 28.8 Å². The van der Waals surface area contributed by atoms with Crippen LogP contribution in [0.25, 0.3) is 0 Å². The van der Waals surface area contributed by atoms with Gasteiger partial charge in [-0.15, -0.1) is 11.8 Å². The van der Waals surface area contributed by atoms with Gasteiger partial charge in [0.15, 0.2) is 0 Å². The standard InChI is InChI=1S/C20H24N2S/c1-14-9-8-10-15(2)20(14)22-17(4)13-16(3)21-18-11-6-7-12-19(18)23-5/h6-13,21H,1-5H3. The highest BCUT2D eigenvalue weighted by atomic mass is 32.2. The molecule has 0 aliphatic carbocycles. The maximum Gasteiger partial charge on any atom is 0.0691 e. The van der Waals surface area contributed by atoms with Crippen LogP contribution in [0.5, 0.6) is 0 Å². The smallest absolute Gasteiger partial charge is 0.0691 e. The second-order valence-electron chi connectivity index (χ2n) is 5.65. The Labute approximate surface area is 143 Å². The SMILES string of the molecule is CSc1ccccc1NC(C)=CC(C)=Nc1c(C)cccc1C. The van der Waals surface area contributed by atoms with Crippen molar-refractivity contribution in [3.63, 3.8) is 0 Å². The van der Waals surface area contributed by atoms with Gasteiger partial charge >= 0.3 is 0 Å². The molecule has 0 fully saturated rings. The molecule has 0 unspecified atom stereocenters. The summed E-state index contributed by atoms with van der Waals surface area (Å²) >= 11 is 1.74. The number of benzene rings is 2. The van der Waals surface area contributed by atoms with Gasteiger partial charge < -0.3 is 5.32 Å². The first-order valence-electron chi connectivity index (χ1n) is 7.71. The molecule has 0 atom stereocenters. The Balaban J connectivity index is 2.21. The van der Waals surface area contributed by atoms with Gasteiger partial charge in [-0.3, -0.25) is 4.99 Å². The van der Waals surface area contributed by atoms with E-state index in [9.17, 15) is 0 Å². The number of allylic oxidation sites excluding steroid dienone is 2. The van der Waals surface area contributed by atoms with Gasteiger partial charge in [0.25, 0.3) is 0 Å². The monoisotopic (exact) mass is 324 g/mol. The molecule has 0 saturated carbocycles. The predicted octanol–water partition coefficient (Wildman–Crippen LogP) is 6.13. The van der Waals surface area contributed by atoms with Crippen molar-refractivity contribution in [1.82, 2.24) is 0 Å². The van der Waals surface area contributed by atoms with Crippen molar-refractivity contribution in [3.8, 4) is 0 Å². The van der Waals surface area contributed by atoms with Crippen LogP contribution in [0.2, 0.25) is 0 Å². The number of para-hydroxylation sites is 2. The third-order valence-electron chi connectivity index (χ3n) is 3.59. The largest absolute Gasteiger partial charge is 0.358 e. The van der Waals surface area contributed by atoms with Gasteiger partial charge in [0.1, 0.15) is 0 Å². The highest BCUT2D eigenvalue weighted by Crippen LogP contribution is 2.26. The molecule has 0 bridgehead atoms. The van der Waals surface area contributed by atoms with E-state index >= 15 is 0 Å². The van der Waals surface area contributed by atoms with Crippen LogP contribution in [-0.2, 0) is 0 Å². The van der Waals surface area contributed by atoms with Crippen LogP contribution in [0.4, 0.5) is 11.4 Å². The Kier molecular flexibility index (Phi) is 6.05. The molecule has 2 aromatic carbocycles. The number of anilines is 1. The molecule has 0 aliphatic rings. The van der Waals surface area contributed by atoms with Gasteiger partial charge in [0.05, 0.1) is 11.4 Å². The lowest BCUT2D eigenvalue weighted by Crippen LogP contribution is -1.99. The van der Waals surface area contributed by atoms with Crippen molar-refractivity contribution in [1.29, 1.82) is 0 Å². The lowest BCUT2D eigenvalue weighted by molar-refractivity contribution is 1.31. The molecule has 2 nitrogen and oxygen atoms in total. The van der Waals surface area contributed by atoms with Crippen molar-refractivity contribution in [3.05, 3.63) is 65.4 Å². The summed E-state index contributed by atoms with van der Waals surface area (Å²) in [4.78, 5) is 6.02. The molecule has 120 valence electrons. The third-order valence-corrected chi connectivity index (χ3v) is 4.39. The van der Waals surface area contributed by atoms with E-state index in [0.717, 1.165) is 22.8 Å². The fourth-order valence-electron chi connectivity index (χ4n) is 2.50. The minimum Gasteiger partial charge on any atom is -0.358 e. The Morgan fingerprint density at radius 2 is 1.65 bits per heavy atom. The molecule has 0 aliphatic heterocycles. The number of rotatable bonds is 5. The zero-order valence-electron chi connectivity index (χ0n) is 14.5. The zero-order valence-corrected chi connectivity index (χ0v) is 15.3. The predicted molar refractivity (Wildman–Crippen MR) is 104 cm³/mol. The molecule has 0 radical (unpaired) electrons. The first-order valence-corrected chi connectivity index (χ1v) is 8.93. The van der Waals surface area contributed by atoms with Gasteiger partial charge in [-0.2, -0.15) is 0 Å². The molecule has 0 spiro atoms. The first kappa shape index (κ1) is 17.4. The summed E-state index contributed by atoms with van der Waals surface area (Å²) in [5, 5.41) is 3.47. The highest BCUT2D eigenvalue weighted by molar-refractivity contribution is 7.98. The van der Waals surface area contributed by atoms with Crippen LogP contribution in [0.3, 0.4) is 0 Å². The summed E-state index contributed by atoms with van der Waals surface area (Å²) in [5.74, 6) is 0. The van der Waals surface area contributed by atoms with Crippen molar-refractivity contribution in [2.24, 2.45) is 4.99 Å². The number of hydrogen-bond donors (Lipinski definition) is 1. The summed E-state index contributed by atoms with van der Waals surface area (Å²) in [6.07, 6.45) is 4.18. The van der Waals surface area contributed by atoms with E-state index in [1.807, 2.05) is 13.0 Å². The van der Waals surface area contributed by atoms with Crippen molar-refractivity contribution in [2.75, 3.05) is 11.6 Å². The number of nitrogens with one attached hydrogen (secondary N) is 1. The van der Waals surface area contributed by atoms with E-state index in [1.54, 1.807) is 11.8 Å². The molecule has 0 saturated heterocycles.